The van der Waals surface area contributed by atoms with E-state index in [1.54, 1.807) is 30.6 Å². The SMILES string of the molecule is O=C(O)c1cccc(C(=O)NCc2cccnc2)c1. The molecule has 5 heteroatoms. The van der Waals surface area contributed by atoms with Gasteiger partial charge in [-0.25, -0.2) is 4.79 Å². The van der Waals surface area contributed by atoms with E-state index in [0.29, 0.717) is 12.1 Å². The summed E-state index contributed by atoms with van der Waals surface area (Å²) in [5.74, 6) is -1.37. The van der Waals surface area contributed by atoms with E-state index >= 15 is 0 Å². The second-order valence-corrected chi connectivity index (χ2v) is 3.93. The number of nitrogens with one attached hydrogen (secondary N) is 1. The van der Waals surface area contributed by atoms with Crippen molar-refractivity contribution >= 4 is 11.9 Å². The van der Waals surface area contributed by atoms with Crippen molar-refractivity contribution in [2.24, 2.45) is 0 Å². The third-order valence-electron chi connectivity index (χ3n) is 2.55. The van der Waals surface area contributed by atoms with Crippen LogP contribution in [0.25, 0.3) is 0 Å². The highest BCUT2D eigenvalue weighted by Crippen LogP contribution is 2.06. The van der Waals surface area contributed by atoms with E-state index in [2.05, 4.69) is 10.3 Å². The topological polar surface area (TPSA) is 79.3 Å². The normalized spacial score (nSPS) is 9.89. The molecule has 0 atom stereocenters. The quantitative estimate of drug-likeness (QED) is 0.872. The fourth-order valence-electron chi connectivity index (χ4n) is 1.58. The Hall–Kier alpha value is -2.69. The Morgan fingerprint density at radius 2 is 1.95 bits per heavy atom. The first-order valence-electron chi connectivity index (χ1n) is 5.67. The third-order valence-corrected chi connectivity index (χ3v) is 2.55. The van der Waals surface area contributed by atoms with Crippen LogP contribution in [0.2, 0.25) is 0 Å². The Bertz CT molecular complexity index is 597. The molecule has 2 rings (SSSR count). The highest BCUT2D eigenvalue weighted by atomic mass is 16.4. The standard InChI is InChI=1S/C14H12N2O3/c17-13(16-9-10-3-2-6-15-8-10)11-4-1-5-12(7-11)14(18)19/h1-8H,9H2,(H,16,17)(H,18,19). The Labute approximate surface area is 109 Å². The monoisotopic (exact) mass is 256 g/mol. The van der Waals surface area contributed by atoms with E-state index < -0.39 is 5.97 Å². The maximum atomic E-state index is 11.9. The van der Waals surface area contributed by atoms with E-state index in [1.807, 2.05) is 6.07 Å². The number of pyridine rings is 1. The Morgan fingerprint density at radius 1 is 1.16 bits per heavy atom. The molecule has 0 unspecified atom stereocenters. The average molecular weight is 256 g/mol. The fraction of sp³-hybridized carbons (Fsp3) is 0.0714. The van der Waals surface area contributed by atoms with Crippen molar-refractivity contribution in [3.63, 3.8) is 0 Å². The summed E-state index contributed by atoms with van der Waals surface area (Å²) in [7, 11) is 0. The summed E-state index contributed by atoms with van der Waals surface area (Å²) in [4.78, 5) is 26.6. The van der Waals surface area contributed by atoms with Crippen LogP contribution in [0.4, 0.5) is 0 Å². The van der Waals surface area contributed by atoms with Crippen LogP contribution >= 0.6 is 0 Å². The largest absolute Gasteiger partial charge is 0.478 e. The molecule has 0 saturated heterocycles. The van der Waals surface area contributed by atoms with Gasteiger partial charge in [0.1, 0.15) is 0 Å². The molecule has 0 saturated carbocycles. The number of hydrogen-bond acceptors (Lipinski definition) is 3. The number of aromatic carboxylic acids is 1. The molecule has 96 valence electrons. The zero-order valence-corrected chi connectivity index (χ0v) is 10.0. The van der Waals surface area contributed by atoms with E-state index in [-0.39, 0.29) is 11.5 Å². The molecule has 0 spiro atoms. The summed E-state index contributed by atoms with van der Waals surface area (Å²) < 4.78 is 0. The molecule has 0 bridgehead atoms. The zero-order valence-electron chi connectivity index (χ0n) is 10.0. The van der Waals surface area contributed by atoms with Gasteiger partial charge in [-0.2, -0.15) is 0 Å². The van der Waals surface area contributed by atoms with Crippen LogP contribution in [0.5, 0.6) is 0 Å². The highest BCUT2D eigenvalue weighted by molar-refractivity contribution is 5.97. The number of carboxylic acids is 1. The molecule has 0 radical (unpaired) electrons. The number of aromatic nitrogens is 1. The van der Waals surface area contributed by atoms with Crippen molar-refractivity contribution in [2.45, 2.75) is 6.54 Å². The highest BCUT2D eigenvalue weighted by Gasteiger charge is 2.09. The molecule has 0 aliphatic carbocycles. The van der Waals surface area contributed by atoms with Crippen molar-refractivity contribution in [3.8, 4) is 0 Å². The number of nitrogens with zero attached hydrogens (tertiary/aromatic N) is 1. The Kier molecular flexibility index (Phi) is 3.87. The second kappa shape index (κ2) is 5.77. The number of carbonyl (C=O) groups is 2. The van der Waals surface area contributed by atoms with Gasteiger partial charge in [-0.1, -0.05) is 12.1 Å². The first-order chi connectivity index (χ1) is 9.16. The van der Waals surface area contributed by atoms with Gasteiger partial charge in [-0.05, 0) is 29.8 Å². The minimum atomic E-state index is -1.05. The van der Waals surface area contributed by atoms with Crippen molar-refractivity contribution in [1.82, 2.24) is 10.3 Å². The molecule has 2 aromatic rings. The number of benzene rings is 1. The Balaban J connectivity index is 2.04. The molecule has 1 aromatic heterocycles. The molecular weight excluding hydrogens is 244 g/mol. The molecular formula is C14H12N2O3. The van der Waals surface area contributed by atoms with Gasteiger partial charge in [0.05, 0.1) is 5.56 Å². The van der Waals surface area contributed by atoms with Crippen molar-refractivity contribution in [2.75, 3.05) is 0 Å². The molecule has 5 nitrogen and oxygen atoms in total. The minimum Gasteiger partial charge on any atom is -0.478 e. The van der Waals surface area contributed by atoms with Gasteiger partial charge >= 0.3 is 5.97 Å². The summed E-state index contributed by atoms with van der Waals surface area (Å²) in [6.45, 7) is 0.351. The van der Waals surface area contributed by atoms with Gasteiger partial charge in [0.25, 0.3) is 5.91 Å². The summed E-state index contributed by atoms with van der Waals surface area (Å²) in [5.41, 5.74) is 1.29. The smallest absolute Gasteiger partial charge is 0.335 e. The van der Waals surface area contributed by atoms with Crippen LogP contribution in [0, 0.1) is 0 Å². The second-order valence-electron chi connectivity index (χ2n) is 3.93. The number of carbonyl (C=O) groups excluding carboxylic acids is 1. The van der Waals surface area contributed by atoms with Crippen molar-refractivity contribution < 1.29 is 14.7 Å². The zero-order chi connectivity index (χ0) is 13.7. The van der Waals surface area contributed by atoms with Gasteiger partial charge in [0.2, 0.25) is 0 Å². The average Bonchev–Trinajstić information content (AvgIpc) is 2.46. The molecule has 2 N–H and O–H groups in total. The predicted octanol–water partition coefficient (Wildman–Crippen LogP) is 1.71. The van der Waals surface area contributed by atoms with Crippen LogP contribution in [0.3, 0.4) is 0 Å². The molecule has 1 aromatic carbocycles. The van der Waals surface area contributed by atoms with Crippen LogP contribution in [-0.2, 0) is 6.54 Å². The molecule has 1 heterocycles. The lowest BCUT2D eigenvalue weighted by Crippen LogP contribution is -2.23. The van der Waals surface area contributed by atoms with Crippen LogP contribution in [-0.4, -0.2) is 22.0 Å². The number of hydrogen-bond donors (Lipinski definition) is 2. The summed E-state index contributed by atoms with van der Waals surface area (Å²) >= 11 is 0. The van der Waals surface area contributed by atoms with Gasteiger partial charge < -0.3 is 10.4 Å². The number of carboxylic acid groups (broad SMARTS) is 1. The van der Waals surface area contributed by atoms with Crippen LogP contribution in [0.15, 0.2) is 48.8 Å². The predicted molar refractivity (Wildman–Crippen MR) is 68.8 cm³/mol. The fourth-order valence-corrected chi connectivity index (χ4v) is 1.58. The molecule has 0 fully saturated rings. The lowest BCUT2D eigenvalue weighted by molar-refractivity contribution is 0.0697. The van der Waals surface area contributed by atoms with Gasteiger partial charge in [-0.3, -0.25) is 9.78 Å². The molecule has 19 heavy (non-hydrogen) atoms. The van der Waals surface area contributed by atoms with Crippen molar-refractivity contribution in [1.29, 1.82) is 0 Å². The maximum absolute atomic E-state index is 11.9. The lowest BCUT2D eigenvalue weighted by atomic mass is 10.1. The molecule has 0 aliphatic heterocycles. The lowest BCUT2D eigenvalue weighted by Gasteiger charge is -2.05. The first kappa shape index (κ1) is 12.8. The van der Waals surface area contributed by atoms with E-state index in [4.69, 9.17) is 5.11 Å². The van der Waals surface area contributed by atoms with Crippen molar-refractivity contribution in [3.05, 3.63) is 65.5 Å². The first-order valence-corrected chi connectivity index (χ1v) is 5.67. The summed E-state index contributed by atoms with van der Waals surface area (Å²) in [6, 6.07) is 9.54. The van der Waals surface area contributed by atoms with Crippen LogP contribution in [0.1, 0.15) is 26.3 Å². The molecule has 1 amide bonds. The number of rotatable bonds is 4. The van der Waals surface area contributed by atoms with E-state index in [1.165, 1.54) is 12.1 Å². The summed E-state index contributed by atoms with van der Waals surface area (Å²) in [5, 5.41) is 11.6. The minimum absolute atomic E-state index is 0.0917. The van der Waals surface area contributed by atoms with Crippen LogP contribution < -0.4 is 5.32 Å². The number of amides is 1. The third kappa shape index (κ3) is 3.38. The van der Waals surface area contributed by atoms with Gasteiger partial charge in [0, 0.05) is 24.5 Å². The van der Waals surface area contributed by atoms with Gasteiger partial charge in [-0.15, -0.1) is 0 Å². The molecule has 0 aliphatic rings. The van der Waals surface area contributed by atoms with Gasteiger partial charge in [0.15, 0.2) is 0 Å². The Morgan fingerprint density at radius 3 is 2.63 bits per heavy atom. The maximum Gasteiger partial charge on any atom is 0.335 e. The van der Waals surface area contributed by atoms with E-state index in [0.717, 1.165) is 5.56 Å². The van der Waals surface area contributed by atoms with E-state index in [9.17, 15) is 9.59 Å². The summed E-state index contributed by atoms with van der Waals surface area (Å²) in [6.07, 6.45) is 3.32.